The molecule has 0 bridgehead atoms. The highest BCUT2D eigenvalue weighted by molar-refractivity contribution is 5.74. The molecule has 29 heavy (non-hydrogen) atoms. The first-order valence-corrected chi connectivity index (χ1v) is 9.89. The van der Waals surface area contributed by atoms with E-state index < -0.39 is 0 Å². The van der Waals surface area contributed by atoms with Crippen LogP contribution in [0.3, 0.4) is 0 Å². The lowest BCUT2D eigenvalue weighted by molar-refractivity contribution is 0.182. The molecule has 1 fully saturated rings. The van der Waals surface area contributed by atoms with Gasteiger partial charge in [0.15, 0.2) is 5.65 Å². The second-order valence-electron chi connectivity index (χ2n) is 7.64. The summed E-state index contributed by atoms with van der Waals surface area (Å²) in [6.45, 7) is 0.773. The lowest BCUT2D eigenvalue weighted by Crippen LogP contribution is -2.39. The van der Waals surface area contributed by atoms with Gasteiger partial charge in [0, 0.05) is 19.3 Å². The average molecular weight is 394 g/mol. The molecule has 3 aromatic rings. The predicted molar refractivity (Wildman–Crippen MR) is 107 cm³/mol. The zero-order valence-electron chi connectivity index (χ0n) is 16.2. The molecule has 1 aliphatic carbocycles. The molecule has 5 rings (SSSR count). The molecule has 1 N–H and O–H groups in total. The van der Waals surface area contributed by atoms with Crippen LogP contribution in [0.5, 0.6) is 0 Å². The van der Waals surface area contributed by atoms with Gasteiger partial charge in [-0.05, 0) is 43.4 Å². The van der Waals surface area contributed by atoms with Gasteiger partial charge in [-0.15, -0.1) is 0 Å². The zero-order chi connectivity index (χ0) is 20.0. The van der Waals surface area contributed by atoms with E-state index in [1.54, 1.807) is 31.4 Å². The molecule has 2 atom stereocenters. The van der Waals surface area contributed by atoms with E-state index in [9.17, 15) is 9.59 Å². The van der Waals surface area contributed by atoms with E-state index >= 15 is 0 Å². The lowest BCUT2D eigenvalue weighted by Gasteiger charge is -2.23. The van der Waals surface area contributed by atoms with Gasteiger partial charge in [0.25, 0.3) is 11.1 Å². The Balaban J connectivity index is 1.50. The highest BCUT2D eigenvalue weighted by Crippen LogP contribution is 2.23. The molecular weight excluding hydrogens is 372 g/mol. The van der Waals surface area contributed by atoms with Crippen molar-refractivity contribution in [3.8, 4) is 0 Å². The summed E-state index contributed by atoms with van der Waals surface area (Å²) in [7, 11) is 1.66. The largest absolute Gasteiger partial charge is 0.377 e. The smallest absolute Gasteiger partial charge is 0.267 e. The highest BCUT2D eigenvalue weighted by Gasteiger charge is 2.33. The molecule has 0 saturated carbocycles. The van der Waals surface area contributed by atoms with Gasteiger partial charge in [-0.1, -0.05) is 0 Å². The maximum Gasteiger partial charge on any atom is 0.267 e. The normalized spacial score (nSPS) is 21.3. The van der Waals surface area contributed by atoms with Crippen molar-refractivity contribution in [2.75, 3.05) is 18.5 Å². The van der Waals surface area contributed by atoms with Crippen LogP contribution < -0.4 is 16.4 Å². The molecule has 0 amide bonds. The number of hydrogen-bond acceptors (Lipinski definition) is 7. The number of rotatable bonds is 3. The van der Waals surface area contributed by atoms with Crippen molar-refractivity contribution in [3.05, 3.63) is 56.4 Å². The number of hydrogen-bond donors (Lipinski definition) is 1. The molecule has 4 heterocycles. The topological polar surface area (TPSA) is 104 Å². The second-order valence-corrected chi connectivity index (χ2v) is 7.64. The first-order chi connectivity index (χ1) is 14.1. The van der Waals surface area contributed by atoms with Crippen LogP contribution in [-0.4, -0.2) is 43.6 Å². The van der Waals surface area contributed by atoms with Crippen molar-refractivity contribution in [1.82, 2.24) is 24.3 Å². The zero-order valence-corrected chi connectivity index (χ0v) is 16.2. The van der Waals surface area contributed by atoms with Crippen LogP contribution in [0.1, 0.15) is 30.1 Å². The molecule has 9 nitrogen and oxygen atoms in total. The fourth-order valence-corrected chi connectivity index (χ4v) is 4.14. The van der Waals surface area contributed by atoms with Crippen molar-refractivity contribution in [2.24, 2.45) is 7.05 Å². The number of fused-ring (bicyclic) bond motifs is 2. The summed E-state index contributed by atoms with van der Waals surface area (Å²) in [5, 5.41) is 8.41. The third-order valence-electron chi connectivity index (χ3n) is 5.76. The highest BCUT2D eigenvalue weighted by atomic mass is 16.5. The molecule has 1 aliphatic heterocycles. The molecule has 0 aromatic carbocycles. The van der Waals surface area contributed by atoms with Crippen molar-refractivity contribution < 1.29 is 4.74 Å². The standard InChI is InChI=1S/C20H22N6O3/c1-25-19(28)13-6-4-8-21-18(13)23-20(25)22-15-10-29-11-16(15)26-17(27)9-12-5-2-3-7-14(12)24-26/h4,6,8-9,15-16H,2-3,5,7,10-11H2,1H3,(H,21,22,23). The van der Waals surface area contributed by atoms with Crippen LogP contribution in [0.25, 0.3) is 11.0 Å². The van der Waals surface area contributed by atoms with Gasteiger partial charge in [-0.2, -0.15) is 10.1 Å². The second kappa shape index (κ2) is 7.07. The molecule has 9 heteroatoms. The number of nitrogens with zero attached hydrogens (tertiary/aromatic N) is 5. The quantitative estimate of drug-likeness (QED) is 0.701. The molecule has 150 valence electrons. The minimum absolute atomic E-state index is 0.116. The Morgan fingerprint density at radius 3 is 2.97 bits per heavy atom. The number of aryl methyl sites for hydroxylation is 2. The average Bonchev–Trinajstić information content (AvgIpc) is 3.19. The van der Waals surface area contributed by atoms with Crippen molar-refractivity contribution in [1.29, 1.82) is 0 Å². The number of anilines is 1. The maximum absolute atomic E-state index is 12.7. The van der Waals surface area contributed by atoms with Crippen LogP contribution in [0.2, 0.25) is 0 Å². The number of ether oxygens (including phenoxy) is 1. The van der Waals surface area contributed by atoms with Crippen molar-refractivity contribution in [3.63, 3.8) is 0 Å². The first-order valence-electron chi connectivity index (χ1n) is 9.89. The fraction of sp³-hybridized carbons (Fsp3) is 0.450. The predicted octanol–water partition coefficient (Wildman–Crippen LogP) is 0.816. The molecule has 3 aromatic heterocycles. The molecular formula is C20H22N6O3. The maximum atomic E-state index is 12.7. The summed E-state index contributed by atoms with van der Waals surface area (Å²) in [6, 6.07) is 4.63. The minimum Gasteiger partial charge on any atom is -0.377 e. The number of aromatic nitrogens is 5. The number of nitrogens with one attached hydrogen (secondary N) is 1. The van der Waals surface area contributed by atoms with E-state index in [1.807, 2.05) is 0 Å². The summed E-state index contributed by atoms with van der Waals surface area (Å²) < 4.78 is 8.65. The summed E-state index contributed by atoms with van der Waals surface area (Å²) in [5.41, 5.74) is 2.16. The number of pyridine rings is 1. The van der Waals surface area contributed by atoms with Gasteiger partial charge in [-0.3, -0.25) is 14.2 Å². The van der Waals surface area contributed by atoms with Gasteiger partial charge in [0.05, 0.1) is 30.3 Å². The fourth-order valence-electron chi connectivity index (χ4n) is 4.14. The summed E-state index contributed by atoms with van der Waals surface area (Å²) in [5.74, 6) is 0.396. The summed E-state index contributed by atoms with van der Waals surface area (Å²) in [6.07, 6.45) is 5.61. The van der Waals surface area contributed by atoms with Gasteiger partial charge in [0.1, 0.15) is 6.04 Å². The van der Waals surface area contributed by atoms with Gasteiger partial charge in [0.2, 0.25) is 5.95 Å². The van der Waals surface area contributed by atoms with E-state index in [2.05, 4.69) is 20.4 Å². The Labute approximate surface area is 166 Å². The Hall–Kier alpha value is -3.07. The van der Waals surface area contributed by atoms with Crippen LogP contribution >= 0.6 is 0 Å². The minimum atomic E-state index is -0.272. The molecule has 1 saturated heterocycles. The summed E-state index contributed by atoms with van der Waals surface area (Å²) >= 11 is 0. The van der Waals surface area contributed by atoms with Gasteiger partial charge >= 0.3 is 0 Å². The molecule has 2 unspecified atom stereocenters. The molecule has 0 spiro atoms. The van der Waals surface area contributed by atoms with Crippen molar-refractivity contribution in [2.45, 2.75) is 37.8 Å². The lowest BCUT2D eigenvalue weighted by atomic mass is 9.97. The third-order valence-corrected chi connectivity index (χ3v) is 5.76. The van der Waals surface area contributed by atoms with Crippen LogP contribution in [0.4, 0.5) is 5.95 Å². The Morgan fingerprint density at radius 2 is 2.07 bits per heavy atom. The van der Waals surface area contributed by atoms with E-state index in [-0.39, 0.29) is 23.2 Å². The first kappa shape index (κ1) is 18.0. The van der Waals surface area contributed by atoms with Crippen molar-refractivity contribution >= 4 is 17.0 Å². The van der Waals surface area contributed by atoms with Gasteiger partial charge < -0.3 is 10.1 Å². The molecule has 0 radical (unpaired) electrons. The van der Waals surface area contributed by atoms with E-state index in [1.165, 1.54) is 9.25 Å². The Bertz CT molecular complexity index is 1200. The Morgan fingerprint density at radius 1 is 1.21 bits per heavy atom. The van der Waals surface area contributed by atoms with E-state index in [0.717, 1.165) is 36.9 Å². The van der Waals surface area contributed by atoms with E-state index in [0.29, 0.717) is 30.2 Å². The van der Waals surface area contributed by atoms with E-state index in [4.69, 9.17) is 4.74 Å². The third kappa shape index (κ3) is 3.11. The summed E-state index contributed by atoms with van der Waals surface area (Å²) in [4.78, 5) is 34.0. The van der Waals surface area contributed by atoms with Crippen LogP contribution in [0, 0.1) is 0 Å². The monoisotopic (exact) mass is 394 g/mol. The van der Waals surface area contributed by atoms with Crippen LogP contribution in [-0.2, 0) is 24.6 Å². The SMILES string of the molecule is Cn1c(NC2COCC2n2nc3c(cc2=O)CCCC3)nc2ncccc2c1=O. The van der Waals surface area contributed by atoms with Gasteiger partial charge in [-0.25, -0.2) is 9.67 Å². The molecule has 2 aliphatic rings. The van der Waals surface area contributed by atoms with Crippen LogP contribution in [0.15, 0.2) is 34.0 Å². The Kier molecular flexibility index (Phi) is 4.39.